The lowest BCUT2D eigenvalue weighted by Gasteiger charge is -2.01. The Hall–Kier alpha value is -0.205. The van der Waals surface area contributed by atoms with E-state index in [4.69, 9.17) is 10.0 Å². The van der Waals surface area contributed by atoms with Crippen LogP contribution in [-0.4, -0.2) is 22.2 Å². The summed E-state index contributed by atoms with van der Waals surface area (Å²) in [4.78, 5) is 3.52. The predicted octanol–water partition coefficient (Wildman–Crippen LogP) is -0.495. The molecule has 0 aromatic carbocycles. The van der Waals surface area contributed by atoms with Gasteiger partial charge in [0.15, 0.2) is 0 Å². The Kier molecular flexibility index (Phi) is 2.80. The van der Waals surface area contributed by atoms with Crippen LogP contribution in [0.25, 0.3) is 0 Å². The zero-order valence-corrected chi connectivity index (χ0v) is 7.49. The van der Waals surface area contributed by atoms with Crippen molar-refractivity contribution in [3.63, 3.8) is 0 Å². The molecule has 1 aromatic heterocycles. The number of nitrogens with zero attached hydrogens (tertiary/aromatic N) is 1. The molecule has 3 nitrogen and oxygen atoms in total. The lowest BCUT2D eigenvalue weighted by Crippen LogP contribution is -2.35. The molecular weight excluding hydrogens is 263 g/mol. The van der Waals surface area contributed by atoms with Gasteiger partial charge in [-0.25, -0.2) is 4.39 Å². The fourth-order valence-electron chi connectivity index (χ4n) is 0.668. The Labute approximate surface area is 76.6 Å². The molecule has 0 amide bonds. The Balaban J connectivity index is 3.21. The zero-order valence-electron chi connectivity index (χ0n) is 5.33. The van der Waals surface area contributed by atoms with Crippen LogP contribution in [0.1, 0.15) is 0 Å². The molecule has 0 unspecified atom stereocenters. The van der Waals surface area contributed by atoms with Gasteiger partial charge in [-0.1, -0.05) is 0 Å². The van der Waals surface area contributed by atoms with Crippen LogP contribution >= 0.6 is 22.6 Å². The van der Waals surface area contributed by atoms with E-state index in [9.17, 15) is 4.39 Å². The van der Waals surface area contributed by atoms with E-state index in [0.717, 1.165) is 6.20 Å². The molecule has 1 rings (SSSR count). The molecule has 2 N–H and O–H groups in total. The van der Waals surface area contributed by atoms with Gasteiger partial charge in [0.2, 0.25) is 0 Å². The smallest absolute Gasteiger partial charge is 0.423 e. The standard InChI is InChI=1S/C5H4BFINO2/c7-3-1-9-2-4(8)5(3)6(10)11/h1-2,10-11H. The highest BCUT2D eigenvalue weighted by atomic mass is 127. The van der Waals surface area contributed by atoms with Crippen molar-refractivity contribution in [3.8, 4) is 0 Å². The maximum Gasteiger partial charge on any atom is 0.492 e. The first-order valence-electron chi connectivity index (χ1n) is 2.78. The first-order chi connectivity index (χ1) is 5.13. The summed E-state index contributed by atoms with van der Waals surface area (Å²) in [6.07, 6.45) is 2.30. The third-order valence-corrected chi connectivity index (χ3v) is 2.01. The summed E-state index contributed by atoms with van der Waals surface area (Å²) >= 11 is 1.78. The summed E-state index contributed by atoms with van der Waals surface area (Å²) < 4.78 is 13.1. The molecule has 0 aliphatic heterocycles. The molecule has 0 saturated carbocycles. The topological polar surface area (TPSA) is 53.4 Å². The summed E-state index contributed by atoms with van der Waals surface area (Å²) in [7, 11) is -1.77. The minimum atomic E-state index is -1.77. The van der Waals surface area contributed by atoms with Crippen LogP contribution in [0.4, 0.5) is 4.39 Å². The summed E-state index contributed by atoms with van der Waals surface area (Å²) in [6, 6.07) is 0. The van der Waals surface area contributed by atoms with Gasteiger partial charge in [-0.3, -0.25) is 4.98 Å². The highest BCUT2D eigenvalue weighted by molar-refractivity contribution is 14.1. The number of rotatable bonds is 1. The molecule has 11 heavy (non-hydrogen) atoms. The molecule has 6 heteroatoms. The fraction of sp³-hybridized carbons (Fsp3) is 0. The molecule has 0 fully saturated rings. The van der Waals surface area contributed by atoms with Crippen molar-refractivity contribution in [2.75, 3.05) is 0 Å². The van der Waals surface area contributed by atoms with Crippen LogP contribution in [0.3, 0.4) is 0 Å². The first kappa shape index (κ1) is 8.89. The third-order valence-electron chi connectivity index (χ3n) is 1.15. The predicted molar refractivity (Wildman–Crippen MR) is 46.7 cm³/mol. The third kappa shape index (κ3) is 1.88. The molecule has 1 heterocycles. The SMILES string of the molecule is OB(O)c1c(F)cncc1I. The van der Waals surface area contributed by atoms with Crippen molar-refractivity contribution in [2.24, 2.45) is 0 Å². The maximum atomic E-state index is 12.7. The minimum absolute atomic E-state index is 0.124. The number of halogens is 2. The normalized spacial score (nSPS) is 9.82. The van der Waals surface area contributed by atoms with Gasteiger partial charge in [-0.05, 0) is 22.6 Å². The van der Waals surface area contributed by atoms with Crippen molar-refractivity contribution in [2.45, 2.75) is 0 Å². The number of hydrogen-bond acceptors (Lipinski definition) is 3. The minimum Gasteiger partial charge on any atom is -0.423 e. The number of aromatic nitrogens is 1. The van der Waals surface area contributed by atoms with Gasteiger partial charge < -0.3 is 10.0 Å². The van der Waals surface area contributed by atoms with Crippen molar-refractivity contribution >= 4 is 35.2 Å². The summed E-state index contributed by atoms with van der Waals surface area (Å²) in [5, 5.41) is 17.3. The molecule has 1 aromatic rings. The Morgan fingerprint density at radius 3 is 2.45 bits per heavy atom. The second-order valence-corrected chi connectivity index (χ2v) is 3.05. The highest BCUT2D eigenvalue weighted by Gasteiger charge is 2.19. The average Bonchev–Trinajstić information content (AvgIpc) is 1.85. The lowest BCUT2D eigenvalue weighted by molar-refractivity contribution is 0.422. The summed E-state index contributed by atoms with van der Waals surface area (Å²) in [5.74, 6) is -0.702. The zero-order chi connectivity index (χ0) is 8.43. The van der Waals surface area contributed by atoms with E-state index < -0.39 is 12.9 Å². The van der Waals surface area contributed by atoms with Crippen LogP contribution in [0.15, 0.2) is 12.4 Å². The van der Waals surface area contributed by atoms with Gasteiger partial charge in [0.25, 0.3) is 0 Å². The van der Waals surface area contributed by atoms with Crippen molar-refractivity contribution in [1.82, 2.24) is 4.98 Å². The van der Waals surface area contributed by atoms with Crippen molar-refractivity contribution in [1.29, 1.82) is 0 Å². The number of hydrogen-bond donors (Lipinski definition) is 2. The average molecular weight is 267 g/mol. The maximum absolute atomic E-state index is 12.7. The van der Waals surface area contributed by atoms with Crippen LogP contribution in [0, 0.1) is 9.39 Å². The van der Waals surface area contributed by atoms with Gasteiger partial charge in [0.1, 0.15) is 5.82 Å². The molecule has 0 bridgehead atoms. The molecular formula is C5H4BFINO2. The van der Waals surface area contributed by atoms with Gasteiger partial charge >= 0.3 is 7.12 Å². The first-order valence-corrected chi connectivity index (χ1v) is 3.86. The van der Waals surface area contributed by atoms with E-state index in [-0.39, 0.29) is 5.46 Å². The Morgan fingerprint density at radius 1 is 1.45 bits per heavy atom. The van der Waals surface area contributed by atoms with Crippen molar-refractivity contribution < 1.29 is 14.4 Å². The van der Waals surface area contributed by atoms with E-state index in [0.29, 0.717) is 3.57 Å². The highest BCUT2D eigenvalue weighted by Crippen LogP contribution is 2.01. The Bertz CT molecular complexity index is 250. The molecule has 0 radical (unpaired) electrons. The van der Waals surface area contributed by atoms with Gasteiger partial charge in [-0.2, -0.15) is 0 Å². The van der Waals surface area contributed by atoms with E-state index in [1.54, 1.807) is 22.6 Å². The Morgan fingerprint density at radius 2 is 2.09 bits per heavy atom. The molecule has 58 valence electrons. The molecule has 0 spiro atoms. The van der Waals surface area contributed by atoms with Gasteiger partial charge in [-0.15, -0.1) is 0 Å². The van der Waals surface area contributed by atoms with Gasteiger partial charge in [0, 0.05) is 15.2 Å². The van der Waals surface area contributed by atoms with E-state index in [1.807, 2.05) is 0 Å². The number of pyridine rings is 1. The molecule has 0 aliphatic carbocycles. The largest absolute Gasteiger partial charge is 0.492 e. The monoisotopic (exact) mass is 267 g/mol. The summed E-state index contributed by atoms with van der Waals surface area (Å²) in [6.45, 7) is 0. The van der Waals surface area contributed by atoms with Crippen LogP contribution in [0.2, 0.25) is 0 Å². The molecule has 0 saturated heterocycles. The molecule has 0 atom stereocenters. The quantitative estimate of drug-likeness (QED) is 0.533. The van der Waals surface area contributed by atoms with Crippen LogP contribution in [-0.2, 0) is 0 Å². The second-order valence-electron chi connectivity index (χ2n) is 1.89. The van der Waals surface area contributed by atoms with E-state index in [2.05, 4.69) is 4.98 Å². The summed E-state index contributed by atoms with van der Waals surface area (Å²) in [5.41, 5.74) is -0.124. The van der Waals surface area contributed by atoms with Crippen molar-refractivity contribution in [3.05, 3.63) is 21.8 Å². The van der Waals surface area contributed by atoms with Gasteiger partial charge in [0.05, 0.1) is 6.20 Å². The van der Waals surface area contributed by atoms with E-state index >= 15 is 0 Å². The van der Waals surface area contributed by atoms with Crippen LogP contribution in [0.5, 0.6) is 0 Å². The van der Waals surface area contributed by atoms with Crippen LogP contribution < -0.4 is 5.46 Å². The lowest BCUT2D eigenvalue weighted by atomic mass is 9.81. The second kappa shape index (κ2) is 3.46. The fourth-order valence-corrected chi connectivity index (χ4v) is 1.36. The molecule has 0 aliphatic rings. The van der Waals surface area contributed by atoms with E-state index in [1.165, 1.54) is 6.20 Å².